The van der Waals surface area contributed by atoms with Crippen LogP contribution in [0, 0.1) is 6.92 Å². The van der Waals surface area contributed by atoms with Crippen LogP contribution in [0.15, 0.2) is 23.6 Å². The van der Waals surface area contributed by atoms with E-state index in [9.17, 15) is 0 Å². The molecule has 2 aromatic rings. The lowest BCUT2D eigenvalue weighted by Gasteiger charge is -2.24. The largest absolute Gasteiger partial charge is 0.329 e. The molecule has 1 aromatic heterocycles. The van der Waals surface area contributed by atoms with Gasteiger partial charge in [-0.05, 0) is 29.0 Å². The Labute approximate surface area is 137 Å². The molecule has 0 amide bonds. The lowest BCUT2D eigenvalue weighted by atomic mass is 9.85. The molecular formula is C18H25N3S. The summed E-state index contributed by atoms with van der Waals surface area (Å²) in [5, 5.41) is 3.30. The van der Waals surface area contributed by atoms with E-state index in [-0.39, 0.29) is 5.41 Å². The van der Waals surface area contributed by atoms with E-state index in [4.69, 9.17) is 5.73 Å². The third-order valence-corrected chi connectivity index (χ3v) is 5.36. The first-order chi connectivity index (χ1) is 10.4. The number of hydrogen-bond acceptors (Lipinski definition) is 4. The zero-order valence-corrected chi connectivity index (χ0v) is 14.7. The van der Waals surface area contributed by atoms with Gasteiger partial charge in [-0.1, -0.05) is 39.0 Å². The van der Waals surface area contributed by atoms with Gasteiger partial charge in [0, 0.05) is 30.2 Å². The van der Waals surface area contributed by atoms with Gasteiger partial charge in [0.1, 0.15) is 5.01 Å². The van der Waals surface area contributed by atoms with Crippen LogP contribution in [0.1, 0.15) is 54.2 Å². The van der Waals surface area contributed by atoms with Gasteiger partial charge in [-0.25, -0.2) is 4.98 Å². The molecule has 118 valence electrons. The van der Waals surface area contributed by atoms with E-state index in [0.717, 1.165) is 18.8 Å². The smallest absolute Gasteiger partial charge is 0.107 e. The molecule has 22 heavy (non-hydrogen) atoms. The molecule has 0 fully saturated rings. The van der Waals surface area contributed by atoms with E-state index in [2.05, 4.69) is 61.2 Å². The van der Waals surface area contributed by atoms with Crippen molar-refractivity contribution in [1.29, 1.82) is 0 Å². The van der Waals surface area contributed by atoms with Gasteiger partial charge in [-0.2, -0.15) is 0 Å². The monoisotopic (exact) mass is 315 g/mol. The average Bonchev–Trinajstić information content (AvgIpc) is 3.00. The molecule has 1 aliphatic heterocycles. The van der Waals surface area contributed by atoms with Crippen molar-refractivity contribution in [3.05, 3.63) is 51.0 Å². The molecule has 0 saturated carbocycles. The van der Waals surface area contributed by atoms with Crippen LogP contribution in [0.25, 0.3) is 0 Å². The van der Waals surface area contributed by atoms with Crippen molar-refractivity contribution in [3.8, 4) is 0 Å². The van der Waals surface area contributed by atoms with Gasteiger partial charge in [0.05, 0.1) is 6.54 Å². The van der Waals surface area contributed by atoms with E-state index in [1.165, 1.54) is 21.7 Å². The molecule has 2 heterocycles. The number of nitrogens with two attached hydrogens (primary N) is 1. The minimum absolute atomic E-state index is 0.175. The molecule has 4 heteroatoms. The van der Waals surface area contributed by atoms with Gasteiger partial charge in [-0.15, -0.1) is 11.3 Å². The van der Waals surface area contributed by atoms with E-state index >= 15 is 0 Å². The Bertz CT molecular complexity index is 669. The second-order valence-electron chi connectivity index (χ2n) is 7.20. The highest BCUT2D eigenvalue weighted by molar-refractivity contribution is 7.09. The molecule has 0 bridgehead atoms. The number of rotatable bonds is 3. The van der Waals surface area contributed by atoms with Gasteiger partial charge >= 0.3 is 0 Å². The first-order valence-electron chi connectivity index (χ1n) is 7.87. The van der Waals surface area contributed by atoms with Gasteiger partial charge in [0.2, 0.25) is 0 Å². The van der Waals surface area contributed by atoms with Gasteiger partial charge in [-0.3, -0.25) is 4.90 Å². The minimum Gasteiger partial charge on any atom is -0.329 e. The van der Waals surface area contributed by atoms with Crippen LogP contribution in [0.4, 0.5) is 0 Å². The first-order valence-corrected chi connectivity index (χ1v) is 8.75. The van der Waals surface area contributed by atoms with Crippen LogP contribution < -0.4 is 5.73 Å². The summed E-state index contributed by atoms with van der Waals surface area (Å²) in [6.45, 7) is 11.4. The highest BCUT2D eigenvalue weighted by Crippen LogP contribution is 2.37. The van der Waals surface area contributed by atoms with Crippen molar-refractivity contribution in [2.24, 2.45) is 5.73 Å². The van der Waals surface area contributed by atoms with Gasteiger partial charge in [0.25, 0.3) is 0 Å². The van der Waals surface area contributed by atoms with Crippen LogP contribution >= 0.6 is 11.3 Å². The molecular weight excluding hydrogens is 290 g/mol. The lowest BCUT2D eigenvalue weighted by Crippen LogP contribution is -2.27. The van der Waals surface area contributed by atoms with Crippen LogP contribution in [-0.4, -0.2) is 16.4 Å². The summed E-state index contributed by atoms with van der Waals surface area (Å²) in [4.78, 5) is 7.05. The zero-order chi connectivity index (χ0) is 15.9. The maximum atomic E-state index is 6.10. The van der Waals surface area contributed by atoms with Crippen molar-refractivity contribution in [3.63, 3.8) is 0 Å². The summed E-state index contributed by atoms with van der Waals surface area (Å²) < 4.78 is 0. The quantitative estimate of drug-likeness (QED) is 0.937. The van der Waals surface area contributed by atoms with Crippen LogP contribution in [0.5, 0.6) is 0 Å². The molecule has 1 aliphatic rings. The standard InChI is InChI=1S/C18H25N3S/c1-12-11-22-17(20-12)10-21-9-13-5-6-14(18(2,3)4)7-15(13)16(21)8-19/h5-7,11,16H,8-10,19H2,1-4H3. The first kappa shape index (κ1) is 15.7. The highest BCUT2D eigenvalue weighted by atomic mass is 32.1. The Morgan fingerprint density at radius 3 is 2.73 bits per heavy atom. The molecule has 3 rings (SSSR count). The van der Waals surface area contributed by atoms with Crippen molar-refractivity contribution in [1.82, 2.24) is 9.88 Å². The molecule has 1 atom stereocenters. The van der Waals surface area contributed by atoms with Crippen molar-refractivity contribution in [2.45, 2.75) is 52.2 Å². The molecule has 0 spiro atoms. The molecule has 1 unspecified atom stereocenters. The predicted molar refractivity (Wildman–Crippen MR) is 93.0 cm³/mol. The fourth-order valence-electron chi connectivity index (χ4n) is 3.13. The number of hydrogen-bond donors (Lipinski definition) is 1. The van der Waals surface area contributed by atoms with Gasteiger partial charge in [0.15, 0.2) is 0 Å². The molecule has 3 nitrogen and oxygen atoms in total. The number of thiazole rings is 1. The van der Waals surface area contributed by atoms with E-state index in [1.54, 1.807) is 11.3 Å². The predicted octanol–water partition coefficient (Wildman–Crippen LogP) is 3.76. The topological polar surface area (TPSA) is 42.1 Å². The Morgan fingerprint density at radius 1 is 1.36 bits per heavy atom. The normalized spacial score (nSPS) is 18.7. The number of nitrogens with zero attached hydrogens (tertiary/aromatic N) is 2. The Balaban J connectivity index is 1.87. The van der Waals surface area contributed by atoms with Crippen LogP contribution in [0.2, 0.25) is 0 Å². The second kappa shape index (κ2) is 5.76. The summed E-state index contributed by atoms with van der Waals surface area (Å²) in [5.74, 6) is 0. The fraction of sp³-hybridized carbons (Fsp3) is 0.500. The molecule has 0 aliphatic carbocycles. The molecule has 0 saturated heterocycles. The third-order valence-electron chi connectivity index (χ3n) is 4.41. The summed E-state index contributed by atoms with van der Waals surface area (Å²) in [5.41, 5.74) is 11.6. The average molecular weight is 315 g/mol. The van der Waals surface area contributed by atoms with Crippen LogP contribution in [0.3, 0.4) is 0 Å². The number of aromatic nitrogens is 1. The highest BCUT2D eigenvalue weighted by Gasteiger charge is 2.30. The Hall–Kier alpha value is -1.23. The van der Waals surface area contributed by atoms with Crippen molar-refractivity contribution in [2.75, 3.05) is 6.54 Å². The van der Waals surface area contributed by atoms with E-state index in [1.807, 2.05) is 0 Å². The maximum Gasteiger partial charge on any atom is 0.107 e. The summed E-state index contributed by atoms with van der Waals surface area (Å²) in [6.07, 6.45) is 0. The number of benzene rings is 1. The van der Waals surface area contributed by atoms with Crippen molar-refractivity contribution < 1.29 is 0 Å². The van der Waals surface area contributed by atoms with Crippen LogP contribution in [-0.2, 0) is 18.5 Å². The lowest BCUT2D eigenvalue weighted by molar-refractivity contribution is 0.210. The maximum absolute atomic E-state index is 6.10. The number of fused-ring (bicyclic) bond motifs is 1. The van der Waals surface area contributed by atoms with Gasteiger partial charge < -0.3 is 5.73 Å². The second-order valence-corrected chi connectivity index (χ2v) is 8.15. The molecule has 2 N–H and O–H groups in total. The summed E-state index contributed by atoms with van der Waals surface area (Å²) in [6, 6.07) is 7.22. The fourth-order valence-corrected chi connectivity index (χ4v) is 3.93. The van der Waals surface area contributed by atoms with E-state index in [0.29, 0.717) is 12.6 Å². The van der Waals surface area contributed by atoms with E-state index < -0.39 is 0 Å². The summed E-state index contributed by atoms with van der Waals surface area (Å²) >= 11 is 1.74. The molecule has 1 aromatic carbocycles. The molecule has 0 radical (unpaired) electrons. The minimum atomic E-state index is 0.175. The summed E-state index contributed by atoms with van der Waals surface area (Å²) in [7, 11) is 0. The SMILES string of the molecule is Cc1csc(CN2Cc3ccc(C(C)(C)C)cc3C2CN)n1. The Morgan fingerprint density at radius 2 is 2.14 bits per heavy atom. The zero-order valence-electron chi connectivity index (χ0n) is 13.9. The third kappa shape index (κ3) is 2.96. The van der Waals surface area contributed by atoms with Crippen molar-refractivity contribution >= 4 is 11.3 Å². The number of aryl methyl sites for hydroxylation is 1. The Kier molecular flexibility index (Phi) is 4.10.